The van der Waals surface area contributed by atoms with Crippen LogP contribution in [0.4, 0.5) is 8.78 Å². The summed E-state index contributed by atoms with van der Waals surface area (Å²) in [6.45, 7) is 0. The zero-order valence-electron chi connectivity index (χ0n) is 10.7. The Kier molecular flexibility index (Phi) is 3.74. The molecule has 1 aromatic heterocycles. The highest BCUT2D eigenvalue weighted by Crippen LogP contribution is 2.28. The van der Waals surface area contributed by atoms with Crippen molar-refractivity contribution in [3.8, 4) is 0 Å². The number of thiophene rings is 1. The molecule has 0 saturated carbocycles. The van der Waals surface area contributed by atoms with Crippen LogP contribution in [0, 0.1) is 11.6 Å². The van der Waals surface area contributed by atoms with E-state index >= 15 is 0 Å². The first-order chi connectivity index (χ1) is 10.0. The maximum Gasteiger partial charge on any atom is 0.177 e. The molecule has 0 aliphatic carbocycles. The average molecular weight is 323 g/mol. The molecule has 0 atom stereocenters. The predicted molar refractivity (Wildman–Crippen MR) is 81.2 cm³/mol. The van der Waals surface area contributed by atoms with E-state index in [1.807, 2.05) is 0 Å². The third-order valence-electron chi connectivity index (χ3n) is 3.12. The van der Waals surface area contributed by atoms with Crippen molar-refractivity contribution in [1.29, 1.82) is 0 Å². The number of carbonyl (C=O) groups excluding carboxylic acids is 1. The van der Waals surface area contributed by atoms with Crippen molar-refractivity contribution < 1.29 is 13.6 Å². The summed E-state index contributed by atoms with van der Waals surface area (Å²) in [5, 5.41) is 1.17. The number of hydrogen-bond acceptors (Lipinski definition) is 2. The quantitative estimate of drug-likeness (QED) is 0.601. The van der Waals surface area contributed by atoms with Crippen LogP contribution < -0.4 is 0 Å². The van der Waals surface area contributed by atoms with Crippen LogP contribution in [0.15, 0.2) is 42.5 Å². The van der Waals surface area contributed by atoms with Crippen molar-refractivity contribution in [2.24, 2.45) is 0 Å². The number of carbonyl (C=O) groups is 1. The highest BCUT2D eigenvalue weighted by Gasteiger charge is 2.14. The van der Waals surface area contributed by atoms with Crippen molar-refractivity contribution in [3.05, 3.63) is 69.6 Å². The number of hydrogen-bond donors (Lipinski definition) is 0. The van der Waals surface area contributed by atoms with Gasteiger partial charge in [-0.2, -0.15) is 0 Å². The molecule has 106 valence electrons. The Bertz CT molecular complexity index is 841. The maximum absolute atomic E-state index is 13.2. The zero-order valence-corrected chi connectivity index (χ0v) is 12.3. The molecule has 0 radical (unpaired) electrons. The second-order valence-corrected chi connectivity index (χ2v) is 6.12. The topological polar surface area (TPSA) is 17.1 Å². The molecular weight excluding hydrogens is 314 g/mol. The number of fused-ring (bicyclic) bond motifs is 1. The summed E-state index contributed by atoms with van der Waals surface area (Å²) in [6, 6.07) is 10.0. The Morgan fingerprint density at radius 2 is 1.76 bits per heavy atom. The summed E-state index contributed by atoms with van der Waals surface area (Å²) < 4.78 is 27.1. The molecule has 5 heteroatoms. The van der Waals surface area contributed by atoms with Gasteiger partial charge in [0.2, 0.25) is 0 Å². The number of Topliss-reactive ketones (excluding diaryl/α,β-unsaturated/α-hetero) is 1. The second kappa shape index (κ2) is 5.54. The first-order valence-electron chi connectivity index (χ1n) is 6.19. The standard InChI is InChI=1S/C16H9ClF2OS/c17-13-4-3-11(18)5-10(13)6-14(20)16-7-9-1-2-12(19)8-15(9)21-16/h1-5,7-8H,6H2. The van der Waals surface area contributed by atoms with Crippen LogP contribution in [0.5, 0.6) is 0 Å². The molecule has 0 bridgehead atoms. The van der Waals surface area contributed by atoms with E-state index in [-0.39, 0.29) is 18.0 Å². The fraction of sp³-hybridized carbons (Fsp3) is 0.0625. The molecule has 3 rings (SSSR count). The van der Waals surface area contributed by atoms with Crippen LogP contribution in [0.1, 0.15) is 15.2 Å². The van der Waals surface area contributed by atoms with Gasteiger partial charge in [0.05, 0.1) is 4.88 Å². The van der Waals surface area contributed by atoms with E-state index in [9.17, 15) is 13.6 Å². The summed E-state index contributed by atoms with van der Waals surface area (Å²) in [4.78, 5) is 12.8. The Labute approximate surface area is 128 Å². The number of halogens is 3. The highest BCUT2D eigenvalue weighted by molar-refractivity contribution is 7.20. The average Bonchev–Trinajstić information content (AvgIpc) is 2.86. The van der Waals surface area contributed by atoms with E-state index in [2.05, 4.69) is 0 Å². The van der Waals surface area contributed by atoms with Gasteiger partial charge in [-0.1, -0.05) is 17.7 Å². The molecule has 0 spiro atoms. The van der Waals surface area contributed by atoms with Gasteiger partial charge in [0.15, 0.2) is 5.78 Å². The first-order valence-corrected chi connectivity index (χ1v) is 7.38. The number of ketones is 1. The zero-order chi connectivity index (χ0) is 15.0. The van der Waals surface area contributed by atoms with Crippen LogP contribution in [-0.4, -0.2) is 5.78 Å². The molecule has 2 aromatic carbocycles. The lowest BCUT2D eigenvalue weighted by Gasteiger charge is -2.02. The van der Waals surface area contributed by atoms with Gasteiger partial charge in [-0.3, -0.25) is 4.79 Å². The Hall–Kier alpha value is -1.78. The summed E-state index contributed by atoms with van der Waals surface area (Å²) in [5.74, 6) is -0.929. The Morgan fingerprint density at radius 3 is 2.57 bits per heavy atom. The van der Waals surface area contributed by atoms with Gasteiger partial charge < -0.3 is 0 Å². The van der Waals surface area contributed by atoms with Gasteiger partial charge >= 0.3 is 0 Å². The SMILES string of the molecule is O=C(Cc1cc(F)ccc1Cl)c1cc2ccc(F)cc2s1. The minimum Gasteiger partial charge on any atom is -0.293 e. The predicted octanol–water partition coefficient (Wildman–Crippen LogP) is 5.26. The molecule has 0 unspecified atom stereocenters. The van der Waals surface area contributed by atoms with Crippen LogP contribution in [0.3, 0.4) is 0 Å². The van der Waals surface area contributed by atoms with E-state index < -0.39 is 5.82 Å². The molecule has 1 heterocycles. The minimum atomic E-state index is -0.430. The minimum absolute atomic E-state index is 0.0197. The van der Waals surface area contributed by atoms with Crippen LogP contribution in [0.25, 0.3) is 10.1 Å². The van der Waals surface area contributed by atoms with E-state index in [1.54, 1.807) is 12.1 Å². The molecule has 0 aliphatic heterocycles. The summed E-state index contributed by atoms with van der Waals surface area (Å²) in [5.41, 5.74) is 0.449. The molecule has 0 fully saturated rings. The molecule has 0 N–H and O–H groups in total. The Morgan fingerprint density at radius 1 is 1.05 bits per heavy atom. The largest absolute Gasteiger partial charge is 0.293 e. The highest BCUT2D eigenvalue weighted by atomic mass is 35.5. The Balaban J connectivity index is 1.91. The molecule has 21 heavy (non-hydrogen) atoms. The molecule has 0 saturated heterocycles. The summed E-state index contributed by atoms with van der Waals surface area (Å²) >= 11 is 7.18. The third kappa shape index (κ3) is 2.96. The van der Waals surface area contributed by atoms with Gasteiger partial charge in [0.1, 0.15) is 11.6 Å². The van der Waals surface area contributed by atoms with E-state index in [4.69, 9.17) is 11.6 Å². The molecule has 0 aliphatic rings. The first kappa shape index (κ1) is 14.2. The van der Waals surface area contributed by atoms with Crippen LogP contribution in [-0.2, 0) is 6.42 Å². The van der Waals surface area contributed by atoms with Crippen molar-refractivity contribution in [1.82, 2.24) is 0 Å². The number of rotatable bonds is 3. The fourth-order valence-electron chi connectivity index (χ4n) is 2.08. The van der Waals surface area contributed by atoms with Crippen molar-refractivity contribution in [2.45, 2.75) is 6.42 Å². The van der Waals surface area contributed by atoms with Crippen molar-refractivity contribution >= 4 is 38.8 Å². The molecule has 0 amide bonds. The van der Waals surface area contributed by atoms with Crippen LogP contribution >= 0.6 is 22.9 Å². The lowest BCUT2D eigenvalue weighted by molar-refractivity contribution is 0.0997. The van der Waals surface area contributed by atoms with Gasteiger partial charge in [0.25, 0.3) is 0 Å². The van der Waals surface area contributed by atoms with Crippen molar-refractivity contribution in [2.75, 3.05) is 0 Å². The third-order valence-corrected chi connectivity index (χ3v) is 4.62. The van der Waals surface area contributed by atoms with E-state index in [0.717, 1.165) is 5.39 Å². The lowest BCUT2D eigenvalue weighted by atomic mass is 10.1. The monoisotopic (exact) mass is 322 g/mol. The molecule has 3 aromatic rings. The van der Waals surface area contributed by atoms with Gasteiger partial charge in [-0.25, -0.2) is 8.78 Å². The maximum atomic E-state index is 13.2. The van der Waals surface area contributed by atoms with Gasteiger partial charge in [0, 0.05) is 16.1 Å². The van der Waals surface area contributed by atoms with Crippen molar-refractivity contribution in [3.63, 3.8) is 0 Å². The van der Waals surface area contributed by atoms with E-state index in [0.29, 0.717) is 20.2 Å². The second-order valence-electron chi connectivity index (χ2n) is 4.63. The fourth-order valence-corrected chi connectivity index (χ4v) is 3.29. The van der Waals surface area contributed by atoms with E-state index in [1.165, 1.54) is 41.7 Å². The summed E-state index contributed by atoms with van der Waals surface area (Å²) in [6.07, 6.45) is 0.0197. The summed E-state index contributed by atoms with van der Waals surface area (Å²) in [7, 11) is 0. The number of benzene rings is 2. The van der Waals surface area contributed by atoms with Gasteiger partial charge in [-0.15, -0.1) is 11.3 Å². The van der Waals surface area contributed by atoms with Gasteiger partial charge in [-0.05, 0) is 47.3 Å². The smallest absolute Gasteiger partial charge is 0.177 e. The normalized spacial score (nSPS) is 11.0. The molecular formula is C16H9ClF2OS. The molecule has 1 nitrogen and oxygen atoms in total. The lowest BCUT2D eigenvalue weighted by Crippen LogP contribution is -2.02. The van der Waals surface area contributed by atoms with Crippen LogP contribution in [0.2, 0.25) is 5.02 Å².